The van der Waals surface area contributed by atoms with E-state index in [1.54, 1.807) is 41.3 Å². The molecule has 1 unspecified atom stereocenters. The van der Waals surface area contributed by atoms with Crippen LogP contribution in [0.4, 0.5) is 0 Å². The average Bonchev–Trinajstić information content (AvgIpc) is 3.52. The van der Waals surface area contributed by atoms with Gasteiger partial charge in [-0.25, -0.2) is 0 Å². The molecule has 0 aliphatic carbocycles. The number of ether oxygens (including phenoxy) is 1. The predicted molar refractivity (Wildman–Crippen MR) is 135 cm³/mol. The van der Waals surface area contributed by atoms with E-state index in [4.69, 9.17) is 9.15 Å². The molecule has 7 nitrogen and oxygen atoms in total. The Balaban J connectivity index is 1.41. The molecule has 2 saturated heterocycles. The Morgan fingerprint density at radius 1 is 1.00 bits per heavy atom. The summed E-state index contributed by atoms with van der Waals surface area (Å²) in [5.74, 6) is -0.352. The topological polar surface area (TPSA) is 83.2 Å². The molecular formula is C29H30N2O5. The normalized spacial score (nSPS) is 20.7. The number of benzene rings is 2. The van der Waals surface area contributed by atoms with E-state index in [9.17, 15) is 14.7 Å². The monoisotopic (exact) mass is 486 g/mol. The van der Waals surface area contributed by atoms with E-state index >= 15 is 0 Å². The fourth-order valence-corrected chi connectivity index (χ4v) is 5.18. The van der Waals surface area contributed by atoms with E-state index in [-0.39, 0.29) is 17.4 Å². The first-order chi connectivity index (χ1) is 17.6. The predicted octanol–water partition coefficient (Wildman–Crippen LogP) is 4.76. The van der Waals surface area contributed by atoms with Crippen LogP contribution >= 0.6 is 0 Å². The highest BCUT2D eigenvalue weighted by atomic mass is 16.5. The molecule has 7 heteroatoms. The summed E-state index contributed by atoms with van der Waals surface area (Å²) >= 11 is 0. The van der Waals surface area contributed by atoms with Crippen molar-refractivity contribution in [3.05, 3.63) is 95.5 Å². The maximum Gasteiger partial charge on any atom is 0.296 e. The standard InChI is InChI=1S/C29H30N2O5/c1-2-35-23-12-10-21(11-13-23)27(32)25-26(24-9-6-18-36-24)31(29(34)28(25)33)22-14-16-30(17-15-22)19-20-7-4-3-5-8-20/h3-13,18,22,26,32H,2,14-17,19H2,1H3/b27-25-. The second kappa shape index (κ2) is 10.4. The SMILES string of the molecule is CCOc1ccc(/C(O)=C2/C(=O)C(=O)N(C3CCN(Cc4ccccc4)CC3)C2c2ccco2)cc1. The Morgan fingerprint density at radius 3 is 2.36 bits per heavy atom. The number of Topliss-reactive ketones (excluding diaryl/α,β-unsaturated/α-hetero) is 1. The molecule has 3 aromatic rings. The molecule has 0 bridgehead atoms. The number of nitrogens with zero attached hydrogens (tertiary/aromatic N) is 2. The van der Waals surface area contributed by atoms with Gasteiger partial charge in [0.25, 0.3) is 11.7 Å². The molecule has 2 fully saturated rings. The Morgan fingerprint density at radius 2 is 1.72 bits per heavy atom. The number of piperidine rings is 1. The molecule has 0 radical (unpaired) electrons. The molecule has 1 N–H and O–H groups in total. The average molecular weight is 487 g/mol. The van der Waals surface area contributed by atoms with Gasteiger partial charge in [-0.15, -0.1) is 0 Å². The minimum Gasteiger partial charge on any atom is -0.507 e. The number of likely N-dealkylation sites (tertiary alicyclic amines) is 2. The molecule has 5 rings (SSSR count). The van der Waals surface area contributed by atoms with Gasteiger partial charge in [-0.1, -0.05) is 30.3 Å². The van der Waals surface area contributed by atoms with Crippen LogP contribution in [-0.4, -0.2) is 52.3 Å². The van der Waals surface area contributed by atoms with Crippen LogP contribution in [0.1, 0.15) is 42.7 Å². The van der Waals surface area contributed by atoms with Gasteiger partial charge in [0.2, 0.25) is 0 Å². The first-order valence-electron chi connectivity index (χ1n) is 12.4. The number of ketones is 1. The maximum atomic E-state index is 13.3. The molecule has 0 spiro atoms. The third kappa shape index (κ3) is 4.66. The van der Waals surface area contributed by atoms with E-state index in [1.807, 2.05) is 25.1 Å². The maximum absolute atomic E-state index is 13.3. The van der Waals surface area contributed by atoms with Crippen molar-refractivity contribution in [2.45, 2.75) is 38.4 Å². The van der Waals surface area contributed by atoms with Gasteiger partial charge < -0.3 is 19.2 Å². The zero-order valence-corrected chi connectivity index (χ0v) is 20.3. The van der Waals surface area contributed by atoms with E-state index in [2.05, 4.69) is 17.0 Å². The minimum atomic E-state index is -0.766. The summed E-state index contributed by atoms with van der Waals surface area (Å²) in [7, 11) is 0. The van der Waals surface area contributed by atoms with Crippen LogP contribution in [0.25, 0.3) is 5.76 Å². The van der Waals surface area contributed by atoms with Crippen LogP contribution in [0.15, 0.2) is 83.0 Å². The fourth-order valence-electron chi connectivity index (χ4n) is 5.18. The Bertz CT molecular complexity index is 1230. The summed E-state index contributed by atoms with van der Waals surface area (Å²) in [5.41, 5.74) is 1.76. The van der Waals surface area contributed by atoms with Gasteiger partial charge in [0.05, 0.1) is 18.4 Å². The molecule has 2 aliphatic rings. The zero-order valence-electron chi connectivity index (χ0n) is 20.3. The lowest BCUT2D eigenvalue weighted by atomic mass is 9.97. The van der Waals surface area contributed by atoms with Crippen molar-refractivity contribution < 1.29 is 23.8 Å². The second-order valence-corrected chi connectivity index (χ2v) is 9.17. The smallest absolute Gasteiger partial charge is 0.296 e. The summed E-state index contributed by atoms with van der Waals surface area (Å²) < 4.78 is 11.2. The number of furan rings is 1. The van der Waals surface area contributed by atoms with Crippen molar-refractivity contribution in [3.63, 3.8) is 0 Å². The van der Waals surface area contributed by atoms with E-state index < -0.39 is 17.7 Å². The number of aliphatic hydroxyl groups excluding tert-OH is 1. The lowest BCUT2D eigenvalue weighted by Crippen LogP contribution is -2.46. The van der Waals surface area contributed by atoms with E-state index in [0.29, 0.717) is 23.7 Å². The third-order valence-corrected chi connectivity index (χ3v) is 6.93. The minimum absolute atomic E-state index is 0.0609. The van der Waals surface area contributed by atoms with Gasteiger partial charge in [-0.05, 0) is 61.7 Å². The van der Waals surface area contributed by atoms with Gasteiger partial charge >= 0.3 is 0 Å². The molecule has 36 heavy (non-hydrogen) atoms. The van der Waals surface area contributed by atoms with E-state index in [0.717, 1.165) is 32.5 Å². The van der Waals surface area contributed by atoms with Gasteiger partial charge in [0, 0.05) is 31.2 Å². The van der Waals surface area contributed by atoms with Crippen LogP contribution < -0.4 is 4.74 Å². The lowest BCUT2D eigenvalue weighted by molar-refractivity contribution is -0.142. The molecule has 1 aromatic heterocycles. The fraction of sp³-hybridized carbons (Fsp3) is 0.310. The lowest BCUT2D eigenvalue weighted by Gasteiger charge is -2.38. The van der Waals surface area contributed by atoms with Crippen molar-refractivity contribution in [2.75, 3.05) is 19.7 Å². The first-order valence-corrected chi connectivity index (χ1v) is 12.4. The van der Waals surface area contributed by atoms with Gasteiger partial charge in [0.1, 0.15) is 23.3 Å². The number of hydrogen-bond acceptors (Lipinski definition) is 6. The summed E-state index contributed by atoms with van der Waals surface area (Å²) in [4.78, 5) is 30.6. The Labute approximate surface area is 210 Å². The van der Waals surface area contributed by atoms with Crippen LogP contribution in [0.5, 0.6) is 5.75 Å². The van der Waals surface area contributed by atoms with Gasteiger partial charge in [-0.2, -0.15) is 0 Å². The zero-order chi connectivity index (χ0) is 25.1. The van der Waals surface area contributed by atoms with Crippen molar-refractivity contribution >= 4 is 17.4 Å². The highest BCUT2D eigenvalue weighted by Crippen LogP contribution is 2.42. The number of hydrogen-bond donors (Lipinski definition) is 1. The number of carbonyl (C=O) groups is 2. The number of amides is 1. The molecule has 2 aliphatic heterocycles. The van der Waals surface area contributed by atoms with Crippen LogP contribution in [0, 0.1) is 0 Å². The number of aliphatic hydroxyl groups is 1. The van der Waals surface area contributed by atoms with Crippen molar-refractivity contribution in [3.8, 4) is 5.75 Å². The van der Waals surface area contributed by atoms with Gasteiger partial charge in [0.15, 0.2) is 0 Å². The second-order valence-electron chi connectivity index (χ2n) is 9.17. The molecule has 186 valence electrons. The van der Waals surface area contributed by atoms with Gasteiger partial charge in [-0.3, -0.25) is 14.5 Å². The molecule has 2 aromatic carbocycles. The molecular weight excluding hydrogens is 456 g/mol. The largest absolute Gasteiger partial charge is 0.507 e. The summed E-state index contributed by atoms with van der Waals surface area (Å²) in [5, 5.41) is 11.2. The number of carbonyl (C=O) groups excluding carboxylic acids is 2. The quantitative estimate of drug-likeness (QED) is 0.294. The Hall–Kier alpha value is -3.84. The summed E-state index contributed by atoms with van der Waals surface area (Å²) in [6.45, 7) is 4.90. The molecule has 3 heterocycles. The number of rotatable bonds is 7. The van der Waals surface area contributed by atoms with Crippen LogP contribution in [-0.2, 0) is 16.1 Å². The van der Waals surface area contributed by atoms with Crippen molar-refractivity contribution in [1.82, 2.24) is 9.80 Å². The molecule has 0 saturated carbocycles. The van der Waals surface area contributed by atoms with E-state index in [1.165, 1.54) is 11.8 Å². The highest BCUT2D eigenvalue weighted by Gasteiger charge is 2.50. The summed E-state index contributed by atoms with van der Waals surface area (Å²) in [6, 6.07) is 19.7. The highest BCUT2D eigenvalue weighted by molar-refractivity contribution is 6.46. The van der Waals surface area contributed by atoms with Crippen molar-refractivity contribution in [2.24, 2.45) is 0 Å². The summed E-state index contributed by atoms with van der Waals surface area (Å²) in [6.07, 6.45) is 3.00. The Kier molecular flexibility index (Phi) is 6.91. The molecule has 1 amide bonds. The van der Waals surface area contributed by atoms with Crippen LogP contribution in [0.3, 0.4) is 0 Å². The first kappa shape index (κ1) is 23.9. The third-order valence-electron chi connectivity index (χ3n) is 6.93. The van der Waals surface area contributed by atoms with Crippen LogP contribution in [0.2, 0.25) is 0 Å². The van der Waals surface area contributed by atoms with Crippen molar-refractivity contribution in [1.29, 1.82) is 0 Å². The molecule has 1 atom stereocenters.